The highest BCUT2D eigenvalue weighted by Gasteiger charge is 2.45. The summed E-state index contributed by atoms with van der Waals surface area (Å²) in [5.41, 5.74) is 2.23. The van der Waals surface area contributed by atoms with Gasteiger partial charge in [0, 0.05) is 5.56 Å². The molecule has 4 rings (SSSR count). The molecule has 0 bridgehead atoms. The quantitative estimate of drug-likeness (QED) is 0.289. The van der Waals surface area contributed by atoms with E-state index >= 15 is 0 Å². The van der Waals surface area contributed by atoms with Crippen LogP contribution in [-0.2, 0) is 25.0 Å². The summed E-state index contributed by atoms with van der Waals surface area (Å²) in [6, 6.07) is 6.80. The molecule has 0 saturated carbocycles. The first-order valence-corrected chi connectivity index (χ1v) is 10.9. The van der Waals surface area contributed by atoms with Gasteiger partial charge in [0.2, 0.25) is 0 Å². The van der Waals surface area contributed by atoms with Crippen molar-refractivity contribution in [2.75, 3.05) is 6.61 Å². The minimum Gasteiger partial charge on any atom is -0.481 e. The molecule has 0 spiro atoms. The number of nitrogens with zero attached hydrogens (tertiary/aromatic N) is 4. The number of aliphatic hydroxyl groups excluding tert-OH is 2. The molecule has 2 aromatic heterocycles. The summed E-state index contributed by atoms with van der Waals surface area (Å²) in [5.74, 6) is -0.970. The third-order valence-corrected chi connectivity index (χ3v) is 5.42. The normalized spacial score (nSPS) is 23.6. The molecule has 170 valence electrons. The average molecular weight is 466 g/mol. The summed E-state index contributed by atoms with van der Waals surface area (Å²) >= 11 is 0. The van der Waals surface area contributed by atoms with E-state index in [1.807, 2.05) is 0 Å². The number of carboxylic acids is 1. The number of rotatable bonds is 7. The fourth-order valence-corrected chi connectivity index (χ4v) is 3.86. The topological polar surface area (TPSA) is 197 Å². The second kappa shape index (κ2) is 8.64. The van der Waals surface area contributed by atoms with Crippen LogP contribution in [0.25, 0.3) is 22.4 Å². The Bertz CT molecular complexity index is 1200. The van der Waals surface area contributed by atoms with E-state index in [2.05, 4.69) is 19.5 Å². The number of benzene rings is 1. The van der Waals surface area contributed by atoms with Crippen molar-refractivity contribution in [3.8, 4) is 11.3 Å². The monoisotopic (exact) mass is 466 g/mol. The Balaban J connectivity index is 1.65. The average Bonchev–Trinajstić information content (AvgIpc) is 3.27. The van der Waals surface area contributed by atoms with Crippen molar-refractivity contribution >= 4 is 25.0 Å². The Kier molecular flexibility index (Phi) is 6.05. The first-order valence-electron chi connectivity index (χ1n) is 9.34. The number of aromatic nitrogens is 4. The van der Waals surface area contributed by atoms with E-state index in [-0.39, 0.29) is 12.1 Å². The van der Waals surface area contributed by atoms with E-state index in [1.54, 1.807) is 24.3 Å². The Morgan fingerprint density at radius 1 is 1.19 bits per heavy atom. The predicted octanol–water partition coefficient (Wildman–Crippen LogP) is -0.151. The van der Waals surface area contributed by atoms with Gasteiger partial charge in [-0.15, -0.1) is 0 Å². The van der Waals surface area contributed by atoms with E-state index in [1.165, 1.54) is 17.2 Å². The minimum atomic E-state index is -4.79. The lowest BCUT2D eigenvalue weighted by Gasteiger charge is -2.16. The second-order valence-corrected chi connectivity index (χ2v) is 8.39. The number of carbonyl (C=O) groups is 1. The van der Waals surface area contributed by atoms with Crippen LogP contribution in [0.5, 0.6) is 0 Å². The first kappa shape index (κ1) is 22.4. The predicted molar refractivity (Wildman–Crippen MR) is 106 cm³/mol. The lowest BCUT2D eigenvalue weighted by molar-refractivity contribution is -0.136. The highest BCUT2D eigenvalue weighted by molar-refractivity contribution is 7.46. The zero-order valence-corrected chi connectivity index (χ0v) is 17.2. The number of hydrogen-bond donors (Lipinski definition) is 5. The lowest BCUT2D eigenvalue weighted by atomic mass is 10.1. The van der Waals surface area contributed by atoms with Gasteiger partial charge in [-0.25, -0.2) is 19.5 Å². The SMILES string of the molecule is O=C(O)Cc1cccc(-c2ncnc3c2ncn3[C@@H]2O[C@H](COP(=O)(O)O)[C@@H](O)[C@H]2O)c1. The molecule has 1 saturated heterocycles. The standard InChI is InChI=1S/C18H19N4O9P/c23-12(24)5-9-2-1-3-10(4-9)13-14-17(20-7-19-13)22(8-21-14)18-16(26)15(25)11(31-18)6-30-32(27,28)29/h1-4,7-8,11,15-16,18,25-26H,5-6H2,(H,23,24)(H2,27,28,29)/t11-,15-,16-,18-/m1/s1. The Hall–Kier alpha value is -2.77. The van der Waals surface area contributed by atoms with Crippen LogP contribution in [0.3, 0.4) is 0 Å². The minimum absolute atomic E-state index is 0.158. The van der Waals surface area contributed by atoms with Crippen LogP contribution >= 0.6 is 7.82 Å². The number of phosphoric acid groups is 1. The van der Waals surface area contributed by atoms with Gasteiger partial charge in [0.05, 0.1) is 19.4 Å². The molecule has 1 aliphatic heterocycles. The van der Waals surface area contributed by atoms with Gasteiger partial charge in [-0.05, 0) is 11.6 Å². The first-order chi connectivity index (χ1) is 15.1. The van der Waals surface area contributed by atoms with Crippen LogP contribution in [0, 0.1) is 0 Å². The van der Waals surface area contributed by atoms with Gasteiger partial charge >= 0.3 is 13.8 Å². The zero-order chi connectivity index (χ0) is 23.0. The third-order valence-electron chi connectivity index (χ3n) is 4.93. The van der Waals surface area contributed by atoms with Crippen LogP contribution in [-0.4, -0.2) is 75.5 Å². The molecule has 14 heteroatoms. The number of aliphatic hydroxyl groups is 2. The summed E-state index contributed by atoms with van der Waals surface area (Å²) in [6.07, 6.45) is -2.83. The fourth-order valence-electron chi connectivity index (χ4n) is 3.52. The van der Waals surface area contributed by atoms with Gasteiger partial charge in [-0.3, -0.25) is 13.9 Å². The second-order valence-electron chi connectivity index (χ2n) is 7.15. The van der Waals surface area contributed by atoms with Crippen molar-refractivity contribution in [2.24, 2.45) is 0 Å². The maximum absolute atomic E-state index is 11.0. The van der Waals surface area contributed by atoms with Crippen molar-refractivity contribution in [1.29, 1.82) is 0 Å². The number of fused-ring (bicyclic) bond motifs is 1. The number of hydrogen-bond acceptors (Lipinski definition) is 9. The van der Waals surface area contributed by atoms with Gasteiger partial charge in [-0.2, -0.15) is 0 Å². The highest BCUT2D eigenvalue weighted by Crippen LogP contribution is 2.39. The molecule has 1 fully saturated rings. The lowest BCUT2D eigenvalue weighted by Crippen LogP contribution is -2.33. The van der Waals surface area contributed by atoms with Gasteiger partial charge < -0.3 is 29.8 Å². The summed E-state index contributed by atoms with van der Waals surface area (Å²) < 4.78 is 22.2. The summed E-state index contributed by atoms with van der Waals surface area (Å²) in [5, 5.41) is 29.7. The molecule has 3 aromatic rings. The van der Waals surface area contributed by atoms with Crippen molar-refractivity contribution in [3.05, 3.63) is 42.5 Å². The van der Waals surface area contributed by atoms with Gasteiger partial charge in [0.25, 0.3) is 0 Å². The van der Waals surface area contributed by atoms with Crippen molar-refractivity contribution < 1.29 is 43.7 Å². The number of phosphoric ester groups is 1. The molecule has 0 radical (unpaired) electrons. The Morgan fingerprint density at radius 2 is 1.97 bits per heavy atom. The van der Waals surface area contributed by atoms with Crippen LogP contribution in [0.15, 0.2) is 36.9 Å². The Morgan fingerprint density at radius 3 is 2.69 bits per heavy atom. The van der Waals surface area contributed by atoms with Crippen LogP contribution in [0.2, 0.25) is 0 Å². The number of aliphatic carboxylic acids is 1. The maximum atomic E-state index is 11.0. The molecule has 1 aromatic carbocycles. The van der Waals surface area contributed by atoms with E-state index in [9.17, 15) is 19.6 Å². The van der Waals surface area contributed by atoms with Crippen molar-refractivity contribution in [2.45, 2.75) is 31.0 Å². The smallest absolute Gasteiger partial charge is 0.469 e. The van der Waals surface area contributed by atoms with Crippen LogP contribution < -0.4 is 0 Å². The molecule has 1 aliphatic rings. The van der Waals surface area contributed by atoms with Gasteiger partial charge in [-0.1, -0.05) is 18.2 Å². The largest absolute Gasteiger partial charge is 0.481 e. The number of imidazole rings is 1. The van der Waals surface area contributed by atoms with Gasteiger partial charge in [0.15, 0.2) is 11.9 Å². The van der Waals surface area contributed by atoms with Crippen LogP contribution in [0.1, 0.15) is 11.8 Å². The van der Waals surface area contributed by atoms with E-state index < -0.39 is 44.9 Å². The molecule has 0 unspecified atom stereocenters. The molecular weight excluding hydrogens is 447 g/mol. The number of carboxylic acid groups (broad SMARTS) is 1. The molecule has 0 amide bonds. The number of ether oxygens (including phenoxy) is 1. The zero-order valence-electron chi connectivity index (χ0n) is 16.3. The van der Waals surface area contributed by atoms with Gasteiger partial charge in [0.1, 0.15) is 35.8 Å². The van der Waals surface area contributed by atoms with E-state index in [0.29, 0.717) is 22.3 Å². The highest BCUT2D eigenvalue weighted by atomic mass is 31.2. The molecule has 4 atom stereocenters. The fraction of sp³-hybridized carbons (Fsp3) is 0.333. The molecular formula is C18H19N4O9P. The van der Waals surface area contributed by atoms with Crippen molar-refractivity contribution in [3.63, 3.8) is 0 Å². The van der Waals surface area contributed by atoms with Crippen molar-refractivity contribution in [1.82, 2.24) is 19.5 Å². The summed E-state index contributed by atoms with van der Waals surface area (Å²) in [6.45, 7) is -0.637. The third kappa shape index (κ3) is 4.54. The molecule has 5 N–H and O–H groups in total. The van der Waals surface area contributed by atoms with Crippen LogP contribution in [0.4, 0.5) is 0 Å². The molecule has 3 heterocycles. The molecule has 13 nitrogen and oxygen atoms in total. The maximum Gasteiger partial charge on any atom is 0.469 e. The van der Waals surface area contributed by atoms with E-state index in [4.69, 9.17) is 19.6 Å². The molecule has 0 aliphatic carbocycles. The summed E-state index contributed by atoms with van der Waals surface area (Å²) in [4.78, 5) is 41.4. The van der Waals surface area contributed by atoms with E-state index in [0.717, 1.165) is 0 Å². The summed E-state index contributed by atoms with van der Waals surface area (Å²) in [7, 11) is -4.79. The Labute approximate surface area is 180 Å². The molecule has 32 heavy (non-hydrogen) atoms.